The zero-order chi connectivity index (χ0) is 16.0. The summed E-state index contributed by atoms with van der Waals surface area (Å²) in [5.74, 6) is -1.48. The van der Waals surface area contributed by atoms with Gasteiger partial charge in [-0.25, -0.2) is 0 Å². The zero-order valence-electron chi connectivity index (χ0n) is 13.6. The molecule has 21 heavy (non-hydrogen) atoms. The Kier molecular flexibility index (Phi) is 5.94. The van der Waals surface area contributed by atoms with Crippen LogP contribution < -0.4 is 4.90 Å². The molecule has 1 rings (SSSR count). The molecule has 1 amide bonds. The summed E-state index contributed by atoms with van der Waals surface area (Å²) in [7, 11) is 0. The Bertz CT molecular complexity index is 477. The molecule has 0 radical (unpaired) electrons. The van der Waals surface area contributed by atoms with Gasteiger partial charge in [-0.05, 0) is 31.4 Å². The number of nitrogens with zero attached hydrogens (tertiary/aromatic N) is 1. The van der Waals surface area contributed by atoms with E-state index in [1.165, 1.54) is 0 Å². The number of anilines is 1. The van der Waals surface area contributed by atoms with Gasteiger partial charge >= 0.3 is 5.97 Å². The maximum absolute atomic E-state index is 12.9. The molecular weight excluding hydrogens is 266 g/mol. The first kappa shape index (κ1) is 17.2. The minimum Gasteiger partial charge on any atom is -0.465 e. The lowest BCUT2D eigenvalue weighted by Crippen LogP contribution is -2.46. The Hall–Kier alpha value is -1.84. The van der Waals surface area contributed by atoms with Crippen LogP contribution in [0.1, 0.15) is 34.6 Å². The van der Waals surface area contributed by atoms with Gasteiger partial charge in [0, 0.05) is 12.2 Å². The minimum atomic E-state index is -0.808. The van der Waals surface area contributed by atoms with E-state index in [9.17, 15) is 9.59 Å². The van der Waals surface area contributed by atoms with E-state index in [1.807, 2.05) is 58.0 Å². The highest BCUT2D eigenvalue weighted by Gasteiger charge is 2.41. The van der Waals surface area contributed by atoms with Gasteiger partial charge in [0.2, 0.25) is 5.91 Å². The molecule has 0 N–H and O–H groups in total. The molecule has 4 nitrogen and oxygen atoms in total. The first-order valence-electron chi connectivity index (χ1n) is 7.36. The molecular formula is C17H25NO3. The molecule has 1 atom stereocenters. The van der Waals surface area contributed by atoms with Crippen molar-refractivity contribution in [3.63, 3.8) is 0 Å². The van der Waals surface area contributed by atoms with Crippen molar-refractivity contribution in [2.75, 3.05) is 18.1 Å². The number of hydrogen-bond donors (Lipinski definition) is 0. The third-order valence-electron chi connectivity index (χ3n) is 3.29. The summed E-state index contributed by atoms with van der Waals surface area (Å²) in [6.45, 7) is 10.1. The first-order valence-corrected chi connectivity index (χ1v) is 7.36. The standard InChI is InChI=1S/C17H25NO3/c1-6-18(13-11-9-8-10-12-13)15(19)14(17(3,4)5)16(20)21-7-2/h8-12,14H,6-7H2,1-5H3. The molecule has 0 heterocycles. The van der Waals surface area contributed by atoms with Gasteiger partial charge in [0.25, 0.3) is 0 Å². The summed E-state index contributed by atoms with van der Waals surface area (Å²) in [5, 5.41) is 0. The maximum atomic E-state index is 12.9. The maximum Gasteiger partial charge on any atom is 0.319 e. The van der Waals surface area contributed by atoms with Crippen LogP contribution in [0.2, 0.25) is 0 Å². The Morgan fingerprint density at radius 3 is 2.14 bits per heavy atom. The normalized spacial score (nSPS) is 12.6. The van der Waals surface area contributed by atoms with E-state index in [0.717, 1.165) is 5.69 Å². The van der Waals surface area contributed by atoms with Gasteiger partial charge in [0.15, 0.2) is 0 Å². The van der Waals surface area contributed by atoms with E-state index in [1.54, 1.807) is 11.8 Å². The summed E-state index contributed by atoms with van der Waals surface area (Å²) in [6.07, 6.45) is 0. The van der Waals surface area contributed by atoms with Crippen molar-refractivity contribution >= 4 is 17.6 Å². The average molecular weight is 291 g/mol. The number of hydrogen-bond acceptors (Lipinski definition) is 3. The highest BCUT2D eigenvalue weighted by atomic mass is 16.5. The summed E-state index contributed by atoms with van der Waals surface area (Å²) in [5.41, 5.74) is 0.300. The monoisotopic (exact) mass is 291 g/mol. The van der Waals surface area contributed by atoms with Crippen LogP contribution in [0.15, 0.2) is 30.3 Å². The molecule has 4 heteroatoms. The predicted molar refractivity (Wildman–Crippen MR) is 84.0 cm³/mol. The van der Waals surface area contributed by atoms with Crippen LogP contribution in [0.3, 0.4) is 0 Å². The van der Waals surface area contributed by atoms with Crippen molar-refractivity contribution in [1.82, 2.24) is 0 Å². The number of esters is 1. The van der Waals surface area contributed by atoms with Gasteiger partial charge in [-0.3, -0.25) is 9.59 Å². The van der Waals surface area contributed by atoms with E-state index in [4.69, 9.17) is 4.74 Å². The molecule has 116 valence electrons. The van der Waals surface area contributed by atoms with Crippen LogP contribution in [-0.2, 0) is 14.3 Å². The lowest BCUT2D eigenvalue weighted by molar-refractivity contribution is -0.155. The van der Waals surface area contributed by atoms with Crippen molar-refractivity contribution in [3.8, 4) is 0 Å². The summed E-state index contributed by atoms with van der Waals surface area (Å²) >= 11 is 0. The van der Waals surface area contributed by atoms with Crippen LogP contribution >= 0.6 is 0 Å². The van der Waals surface area contributed by atoms with Gasteiger partial charge in [-0.15, -0.1) is 0 Å². The smallest absolute Gasteiger partial charge is 0.319 e. The summed E-state index contributed by atoms with van der Waals surface area (Å²) in [4.78, 5) is 26.7. The molecule has 1 aromatic rings. The summed E-state index contributed by atoms with van der Waals surface area (Å²) in [6, 6.07) is 9.39. The quantitative estimate of drug-likeness (QED) is 0.618. The molecule has 0 aliphatic rings. The second-order valence-corrected chi connectivity index (χ2v) is 5.97. The Morgan fingerprint density at radius 2 is 1.71 bits per heavy atom. The number of carbonyl (C=O) groups excluding carboxylic acids is 2. The average Bonchev–Trinajstić information content (AvgIpc) is 2.39. The second-order valence-electron chi connectivity index (χ2n) is 5.97. The number of benzene rings is 1. The Morgan fingerprint density at radius 1 is 1.14 bits per heavy atom. The third-order valence-corrected chi connectivity index (χ3v) is 3.29. The van der Waals surface area contributed by atoms with Gasteiger partial charge in [0.05, 0.1) is 6.61 Å². The molecule has 0 aromatic heterocycles. The van der Waals surface area contributed by atoms with Crippen LogP contribution in [0.5, 0.6) is 0 Å². The molecule has 0 fully saturated rings. The molecule has 1 aromatic carbocycles. The number of ether oxygens (including phenoxy) is 1. The second kappa shape index (κ2) is 7.25. The van der Waals surface area contributed by atoms with Crippen LogP contribution in [0, 0.1) is 11.3 Å². The van der Waals surface area contributed by atoms with Gasteiger partial charge < -0.3 is 9.64 Å². The van der Waals surface area contributed by atoms with E-state index in [0.29, 0.717) is 6.54 Å². The topological polar surface area (TPSA) is 46.6 Å². The predicted octanol–water partition coefficient (Wildman–Crippen LogP) is 3.26. The molecule has 1 unspecified atom stereocenters. The van der Waals surface area contributed by atoms with E-state index >= 15 is 0 Å². The molecule has 0 aliphatic carbocycles. The van der Waals surface area contributed by atoms with Gasteiger partial charge in [-0.2, -0.15) is 0 Å². The summed E-state index contributed by atoms with van der Waals surface area (Å²) < 4.78 is 5.10. The van der Waals surface area contributed by atoms with Crippen molar-refractivity contribution in [2.24, 2.45) is 11.3 Å². The van der Waals surface area contributed by atoms with E-state index in [2.05, 4.69) is 0 Å². The molecule has 0 saturated carbocycles. The van der Waals surface area contributed by atoms with Gasteiger partial charge in [0.1, 0.15) is 5.92 Å². The Balaban J connectivity index is 3.12. The van der Waals surface area contributed by atoms with Crippen molar-refractivity contribution in [3.05, 3.63) is 30.3 Å². The van der Waals surface area contributed by atoms with Crippen molar-refractivity contribution in [2.45, 2.75) is 34.6 Å². The number of amides is 1. The fraction of sp³-hybridized carbons (Fsp3) is 0.529. The molecule has 0 saturated heterocycles. The SMILES string of the molecule is CCOC(=O)C(C(=O)N(CC)c1ccccc1)C(C)(C)C. The number of carbonyl (C=O) groups is 2. The van der Waals surface area contributed by atoms with Crippen LogP contribution in [-0.4, -0.2) is 25.0 Å². The molecule has 0 aliphatic heterocycles. The Labute approximate surface area is 127 Å². The molecule has 0 bridgehead atoms. The van der Waals surface area contributed by atoms with Crippen LogP contribution in [0.4, 0.5) is 5.69 Å². The number of rotatable bonds is 5. The lowest BCUT2D eigenvalue weighted by Gasteiger charge is -2.32. The van der Waals surface area contributed by atoms with E-state index < -0.39 is 17.3 Å². The largest absolute Gasteiger partial charge is 0.465 e. The first-order chi connectivity index (χ1) is 9.82. The third kappa shape index (κ3) is 4.31. The van der Waals surface area contributed by atoms with Crippen LogP contribution in [0.25, 0.3) is 0 Å². The highest BCUT2D eigenvalue weighted by Crippen LogP contribution is 2.30. The number of para-hydroxylation sites is 1. The fourth-order valence-electron chi connectivity index (χ4n) is 2.28. The van der Waals surface area contributed by atoms with Crippen molar-refractivity contribution in [1.29, 1.82) is 0 Å². The lowest BCUT2D eigenvalue weighted by atomic mass is 9.79. The van der Waals surface area contributed by atoms with Gasteiger partial charge in [-0.1, -0.05) is 39.0 Å². The zero-order valence-corrected chi connectivity index (χ0v) is 13.6. The molecule has 0 spiro atoms. The van der Waals surface area contributed by atoms with E-state index in [-0.39, 0.29) is 12.5 Å². The minimum absolute atomic E-state index is 0.213. The fourth-order valence-corrected chi connectivity index (χ4v) is 2.28. The van der Waals surface area contributed by atoms with Crippen molar-refractivity contribution < 1.29 is 14.3 Å². The highest BCUT2D eigenvalue weighted by molar-refractivity contribution is 6.06.